The SMILES string of the molecule is Fc1ccc(-c2ccc(CNCc3ccccc3Cl)o2)cc1. The van der Waals surface area contributed by atoms with Crippen LogP contribution in [0.5, 0.6) is 0 Å². The van der Waals surface area contributed by atoms with E-state index in [2.05, 4.69) is 5.32 Å². The van der Waals surface area contributed by atoms with Crippen molar-refractivity contribution in [1.82, 2.24) is 5.32 Å². The van der Waals surface area contributed by atoms with E-state index in [1.54, 1.807) is 12.1 Å². The molecule has 112 valence electrons. The summed E-state index contributed by atoms with van der Waals surface area (Å²) in [5.74, 6) is 1.30. The van der Waals surface area contributed by atoms with Crippen molar-refractivity contribution in [3.05, 3.63) is 82.8 Å². The van der Waals surface area contributed by atoms with Crippen LogP contribution in [0.25, 0.3) is 11.3 Å². The smallest absolute Gasteiger partial charge is 0.134 e. The molecule has 0 saturated carbocycles. The Balaban J connectivity index is 1.60. The third kappa shape index (κ3) is 3.56. The normalized spacial score (nSPS) is 10.8. The first-order valence-electron chi connectivity index (χ1n) is 7.01. The summed E-state index contributed by atoms with van der Waals surface area (Å²) in [6.45, 7) is 1.28. The highest BCUT2D eigenvalue weighted by atomic mass is 35.5. The maximum Gasteiger partial charge on any atom is 0.134 e. The van der Waals surface area contributed by atoms with Crippen LogP contribution < -0.4 is 5.32 Å². The van der Waals surface area contributed by atoms with Crippen molar-refractivity contribution >= 4 is 11.6 Å². The molecule has 0 aliphatic heterocycles. The Kier molecular flexibility index (Phi) is 4.56. The molecule has 0 radical (unpaired) electrons. The Hall–Kier alpha value is -2.10. The Morgan fingerprint density at radius 2 is 1.68 bits per heavy atom. The number of halogens is 2. The molecule has 0 spiro atoms. The lowest BCUT2D eigenvalue weighted by atomic mass is 10.2. The molecule has 2 aromatic carbocycles. The molecule has 0 bridgehead atoms. The summed E-state index contributed by atoms with van der Waals surface area (Å²) in [6, 6.07) is 17.8. The summed E-state index contributed by atoms with van der Waals surface area (Å²) in [5, 5.41) is 4.05. The largest absolute Gasteiger partial charge is 0.460 e. The second kappa shape index (κ2) is 6.77. The molecule has 0 amide bonds. The quantitative estimate of drug-likeness (QED) is 0.714. The molecule has 0 atom stereocenters. The van der Waals surface area contributed by atoms with Gasteiger partial charge in [0.15, 0.2) is 0 Å². The van der Waals surface area contributed by atoms with Crippen LogP contribution in [0.15, 0.2) is 65.1 Å². The van der Waals surface area contributed by atoms with Gasteiger partial charge in [-0.1, -0.05) is 29.8 Å². The van der Waals surface area contributed by atoms with Gasteiger partial charge in [0.1, 0.15) is 17.3 Å². The molecule has 0 aliphatic carbocycles. The number of furan rings is 1. The number of benzene rings is 2. The van der Waals surface area contributed by atoms with Gasteiger partial charge in [-0.05, 0) is 48.0 Å². The average molecular weight is 316 g/mol. The van der Waals surface area contributed by atoms with Gasteiger partial charge in [-0.2, -0.15) is 0 Å². The molecule has 4 heteroatoms. The Bertz CT molecular complexity index is 752. The van der Waals surface area contributed by atoms with Gasteiger partial charge >= 0.3 is 0 Å². The second-order valence-electron chi connectivity index (χ2n) is 4.97. The van der Waals surface area contributed by atoms with Crippen molar-refractivity contribution in [2.75, 3.05) is 0 Å². The predicted octanol–water partition coefficient (Wildman–Crippen LogP) is 5.03. The van der Waals surface area contributed by atoms with Crippen molar-refractivity contribution in [3.8, 4) is 11.3 Å². The molecule has 2 nitrogen and oxygen atoms in total. The molecule has 0 aliphatic rings. The maximum atomic E-state index is 12.9. The third-order valence-corrected chi connectivity index (χ3v) is 3.73. The molecule has 3 rings (SSSR count). The van der Waals surface area contributed by atoms with E-state index in [-0.39, 0.29) is 5.82 Å². The van der Waals surface area contributed by atoms with Gasteiger partial charge in [-0.3, -0.25) is 0 Å². The molecular weight excluding hydrogens is 301 g/mol. The Labute approximate surface area is 133 Å². The first kappa shape index (κ1) is 14.8. The van der Waals surface area contributed by atoms with Crippen LogP contribution in [0.1, 0.15) is 11.3 Å². The van der Waals surface area contributed by atoms with Crippen molar-refractivity contribution in [3.63, 3.8) is 0 Å². The second-order valence-corrected chi connectivity index (χ2v) is 5.38. The van der Waals surface area contributed by atoms with Crippen molar-refractivity contribution in [1.29, 1.82) is 0 Å². The van der Waals surface area contributed by atoms with Gasteiger partial charge < -0.3 is 9.73 Å². The Morgan fingerprint density at radius 3 is 2.45 bits per heavy atom. The number of hydrogen-bond donors (Lipinski definition) is 1. The number of hydrogen-bond acceptors (Lipinski definition) is 2. The molecule has 0 unspecified atom stereocenters. The topological polar surface area (TPSA) is 25.2 Å². The molecule has 0 fully saturated rings. The first-order chi connectivity index (χ1) is 10.7. The van der Waals surface area contributed by atoms with E-state index in [0.29, 0.717) is 13.1 Å². The fourth-order valence-electron chi connectivity index (χ4n) is 2.20. The van der Waals surface area contributed by atoms with Gasteiger partial charge in [0.2, 0.25) is 0 Å². The molecule has 1 aromatic heterocycles. The highest BCUT2D eigenvalue weighted by Crippen LogP contribution is 2.22. The molecular formula is C18H15ClFNO. The van der Waals surface area contributed by atoms with Crippen LogP contribution in [-0.2, 0) is 13.1 Å². The summed E-state index contributed by atoms with van der Waals surface area (Å²) in [5.41, 5.74) is 1.91. The van der Waals surface area contributed by atoms with Crippen LogP contribution in [0.4, 0.5) is 4.39 Å². The molecule has 22 heavy (non-hydrogen) atoms. The van der Waals surface area contributed by atoms with Gasteiger partial charge in [-0.15, -0.1) is 0 Å². The summed E-state index contributed by atoms with van der Waals surface area (Å²) in [4.78, 5) is 0. The van der Waals surface area contributed by atoms with Gasteiger partial charge in [-0.25, -0.2) is 4.39 Å². The van der Waals surface area contributed by atoms with E-state index in [9.17, 15) is 4.39 Å². The van der Waals surface area contributed by atoms with E-state index in [1.807, 2.05) is 36.4 Å². The van der Waals surface area contributed by atoms with E-state index in [4.69, 9.17) is 16.0 Å². The van der Waals surface area contributed by atoms with Crippen molar-refractivity contribution in [2.24, 2.45) is 0 Å². The predicted molar refractivity (Wildman–Crippen MR) is 86.1 cm³/mol. The first-order valence-corrected chi connectivity index (χ1v) is 7.39. The zero-order chi connectivity index (χ0) is 15.4. The van der Waals surface area contributed by atoms with Crippen LogP contribution in [0.2, 0.25) is 5.02 Å². The van der Waals surface area contributed by atoms with Gasteiger partial charge in [0.25, 0.3) is 0 Å². The minimum atomic E-state index is -0.253. The minimum absolute atomic E-state index is 0.253. The van der Waals surface area contributed by atoms with E-state index < -0.39 is 0 Å². The number of nitrogens with one attached hydrogen (secondary N) is 1. The molecule has 3 aromatic rings. The summed E-state index contributed by atoms with van der Waals surface area (Å²) >= 11 is 6.11. The zero-order valence-electron chi connectivity index (χ0n) is 11.9. The fraction of sp³-hybridized carbons (Fsp3) is 0.111. The molecule has 1 heterocycles. The van der Waals surface area contributed by atoms with Crippen LogP contribution in [0.3, 0.4) is 0 Å². The van der Waals surface area contributed by atoms with E-state index >= 15 is 0 Å². The summed E-state index contributed by atoms with van der Waals surface area (Å²) < 4.78 is 18.7. The standard InChI is InChI=1S/C18H15ClFNO/c19-17-4-2-1-3-14(17)11-21-12-16-9-10-18(22-16)13-5-7-15(20)8-6-13/h1-10,21H,11-12H2. The van der Waals surface area contributed by atoms with Gasteiger partial charge in [0, 0.05) is 17.1 Å². The minimum Gasteiger partial charge on any atom is -0.460 e. The summed E-state index contributed by atoms with van der Waals surface area (Å²) in [7, 11) is 0. The molecule has 1 N–H and O–H groups in total. The fourth-order valence-corrected chi connectivity index (χ4v) is 2.41. The number of rotatable bonds is 5. The maximum absolute atomic E-state index is 12.9. The zero-order valence-corrected chi connectivity index (χ0v) is 12.6. The van der Waals surface area contributed by atoms with Gasteiger partial charge in [0.05, 0.1) is 6.54 Å². The molecule has 0 saturated heterocycles. The van der Waals surface area contributed by atoms with Crippen LogP contribution >= 0.6 is 11.6 Å². The van der Waals surface area contributed by atoms with E-state index in [0.717, 1.165) is 27.7 Å². The average Bonchev–Trinajstić information content (AvgIpc) is 2.99. The van der Waals surface area contributed by atoms with Crippen molar-refractivity contribution in [2.45, 2.75) is 13.1 Å². The van der Waals surface area contributed by atoms with Crippen LogP contribution in [-0.4, -0.2) is 0 Å². The lowest BCUT2D eigenvalue weighted by Gasteiger charge is -2.05. The summed E-state index contributed by atoms with van der Waals surface area (Å²) in [6.07, 6.45) is 0. The van der Waals surface area contributed by atoms with E-state index in [1.165, 1.54) is 12.1 Å². The lowest BCUT2D eigenvalue weighted by Crippen LogP contribution is -2.12. The third-order valence-electron chi connectivity index (χ3n) is 3.36. The lowest BCUT2D eigenvalue weighted by molar-refractivity contribution is 0.493. The highest BCUT2D eigenvalue weighted by molar-refractivity contribution is 6.31. The highest BCUT2D eigenvalue weighted by Gasteiger charge is 2.05. The van der Waals surface area contributed by atoms with Crippen molar-refractivity contribution < 1.29 is 8.81 Å². The monoisotopic (exact) mass is 315 g/mol. The van der Waals surface area contributed by atoms with Crippen LogP contribution in [0, 0.1) is 5.82 Å². The Morgan fingerprint density at radius 1 is 0.909 bits per heavy atom.